The van der Waals surface area contributed by atoms with Gasteiger partial charge in [-0.05, 0) is 6.07 Å². The summed E-state index contributed by atoms with van der Waals surface area (Å²) >= 11 is 0. The molecular formula is C12H17F2NO3. The highest BCUT2D eigenvalue weighted by Gasteiger charge is 2.09. The van der Waals surface area contributed by atoms with Gasteiger partial charge in [-0.1, -0.05) is 18.2 Å². The van der Waals surface area contributed by atoms with E-state index in [-0.39, 0.29) is 12.4 Å². The van der Waals surface area contributed by atoms with Crippen LogP contribution in [0.1, 0.15) is 5.56 Å². The van der Waals surface area contributed by atoms with Crippen molar-refractivity contribution in [2.24, 2.45) is 0 Å². The molecule has 1 rings (SSSR count). The van der Waals surface area contributed by atoms with E-state index >= 15 is 0 Å². The first-order valence-electron chi connectivity index (χ1n) is 5.54. The van der Waals surface area contributed by atoms with Gasteiger partial charge < -0.3 is 19.9 Å². The summed E-state index contributed by atoms with van der Waals surface area (Å²) in [6, 6.07) is 6.53. The van der Waals surface area contributed by atoms with E-state index in [4.69, 9.17) is 4.74 Å². The van der Waals surface area contributed by atoms with Gasteiger partial charge in [-0.15, -0.1) is 0 Å². The Morgan fingerprint density at radius 2 is 2.06 bits per heavy atom. The zero-order valence-electron chi connectivity index (χ0n) is 10.1. The van der Waals surface area contributed by atoms with Crippen LogP contribution in [0.25, 0.3) is 0 Å². The second-order valence-corrected chi connectivity index (χ2v) is 3.73. The molecule has 1 atom stereocenters. The third kappa shape index (κ3) is 5.39. The van der Waals surface area contributed by atoms with E-state index < -0.39 is 12.7 Å². The van der Waals surface area contributed by atoms with Crippen LogP contribution in [0.4, 0.5) is 8.78 Å². The van der Waals surface area contributed by atoms with Crippen molar-refractivity contribution in [1.82, 2.24) is 5.32 Å². The van der Waals surface area contributed by atoms with Crippen LogP contribution in [-0.4, -0.2) is 38.1 Å². The average molecular weight is 261 g/mol. The Bertz CT molecular complexity index is 350. The summed E-state index contributed by atoms with van der Waals surface area (Å²) in [7, 11) is 1.50. The molecule has 0 fully saturated rings. The van der Waals surface area contributed by atoms with E-state index in [9.17, 15) is 13.9 Å². The Morgan fingerprint density at radius 3 is 2.72 bits per heavy atom. The monoisotopic (exact) mass is 261 g/mol. The Morgan fingerprint density at radius 1 is 1.33 bits per heavy atom. The van der Waals surface area contributed by atoms with Crippen LogP contribution >= 0.6 is 0 Å². The molecule has 0 radical (unpaired) electrons. The topological polar surface area (TPSA) is 50.7 Å². The quantitative estimate of drug-likeness (QED) is 0.742. The number of hydrogen-bond donors (Lipinski definition) is 2. The number of benzene rings is 1. The molecule has 6 heteroatoms. The maximum Gasteiger partial charge on any atom is 0.387 e. The molecule has 18 heavy (non-hydrogen) atoms. The van der Waals surface area contributed by atoms with Gasteiger partial charge in [-0.3, -0.25) is 0 Å². The van der Waals surface area contributed by atoms with Crippen molar-refractivity contribution in [3.05, 3.63) is 29.8 Å². The van der Waals surface area contributed by atoms with Crippen LogP contribution in [0.15, 0.2) is 24.3 Å². The number of nitrogens with one attached hydrogen (secondary N) is 1. The number of hydrogen-bond acceptors (Lipinski definition) is 4. The number of alkyl halides is 2. The second-order valence-electron chi connectivity index (χ2n) is 3.73. The molecule has 0 bridgehead atoms. The minimum absolute atomic E-state index is 0.140. The molecule has 0 amide bonds. The fraction of sp³-hybridized carbons (Fsp3) is 0.500. The maximum atomic E-state index is 12.2. The molecule has 0 aliphatic rings. The van der Waals surface area contributed by atoms with E-state index in [1.54, 1.807) is 18.2 Å². The van der Waals surface area contributed by atoms with Crippen molar-refractivity contribution in [3.63, 3.8) is 0 Å². The van der Waals surface area contributed by atoms with Gasteiger partial charge >= 0.3 is 6.61 Å². The van der Waals surface area contributed by atoms with Crippen LogP contribution < -0.4 is 10.1 Å². The van der Waals surface area contributed by atoms with Gasteiger partial charge in [0.15, 0.2) is 0 Å². The number of halogens is 2. The fourth-order valence-electron chi connectivity index (χ4n) is 1.49. The smallest absolute Gasteiger partial charge is 0.387 e. The molecule has 1 aromatic carbocycles. The van der Waals surface area contributed by atoms with Crippen LogP contribution in [0, 0.1) is 0 Å². The Balaban J connectivity index is 2.46. The van der Waals surface area contributed by atoms with Crippen molar-refractivity contribution in [2.45, 2.75) is 19.3 Å². The van der Waals surface area contributed by atoms with Crippen molar-refractivity contribution in [1.29, 1.82) is 0 Å². The molecule has 0 saturated heterocycles. The first kappa shape index (κ1) is 14.8. The summed E-state index contributed by atoms with van der Waals surface area (Å²) < 4.78 is 33.5. The van der Waals surface area contributed by atoms with Crippen LogP contribution in [0.5, 0.6) is 5.75 Å². The summed E-state index contributed by atoms with van der Waals surface area (Å²) in [4.78, 5) is 0. The number of ether oxygens (including phenoxy) is 2. The summed E-state index contributed by atoms with van der Waals surface area (Å²) in [5, 5.41) is 12.3. The van der Waals surface area contributed by atoms with Crippen molar-refractivity contribution in [2.75, 3.05) is 20.3 Å². The van der Waals surface area contributed by atoms with E-state index in [1.165, 1.54) is 13.2 Å². The molecule has 0 saturated carbocycles. The highest BCUT2D eigenvalue weighted by molar-refractivity contribution is 5.33. The predicted molar refractivity (Wildman–Crippen MR) is 62.7 cm³/mol. The number of rotatable bonds is 8. The highest BCUT2D eigenvalue weighted by Crippen LogP contribution is 2.19. The lowest BCUT2D eigenvalue weighted by Gasteiger charge is -2.13. The molecule has 4 nitrogen and oxygen atoms in total. The summed E-state index contributed by atoms with van der Waals surface area (Å²) in [5.74, 6) is 0.140. The van der Waals surface area contributed by atoms with E-state index in [0.717, 1.165) is 0 Å². The van der Waals surface area contributed by atoms with Crippen LogP contribution in [0.3, 0.4) is 0 Å². The van der Waals surface area contributed by atoms with Crippen LogP contribution in [0.2, 0.25) is 0 Å². The lowest BCUT2D eigenvalue weighted by molar-refractivity contribution is -0.0505. The Hall–Kier alpha value is -1.24. The first-order valence-corrected chi connectivity index (χ1v) is 5.54. The van der Waals surface area contributed by atoms with Gasteiger partial charge in [0.05, 0.1) is 12.7 Å². The van der Waals surface area contributed by atoms with E-state index in [0.29, 0.717) is 18.7 Å². The Labute approximate surface area is 105 Å². The summed E-state index contributed by atoms with van der Waals surface area (Å²) in [5.41, 5.74) is 0.613. The molecule has 1 unspecified atom stereocenters. The standard InChI is InChI=1S/C12H17F2NO3/c1-17-8-10(16)7-15-6-9-4-2-3-5-11(9)18-12(13)14/h2-5,10,12,15-16H,6-8H2,1H3. The predicted octanol–water partition coefficient (Wildman–Crippen LogP) is 1.38. The van der Waals surface area contributed by atoms with Crippen molar-refractivity contribution in [3.8, 4) is 5.75 Å². The minimum atomic E-state index is -2.84. The summed E-state index contributed by atoms with van der Waals surface area (Å²) in [6.45, 7) is -1.96. The third-order valence-corrected chi connectivity index (χ3v) is 2.24. The van der Waals surface area contributed by atoms with Gasteiger partial charge in [-0.25, -0.2) is 0 Å². The number of methoxy groups -OCH3 is 1. The molecule has 0 spiro atoms. The fourth-order valence-corrected chi connectivity index (χ4v) is 1.49. The normalized spacial score (nSPS) is 12.7. The van der Waals surface area contributed by atoms with Gasteiger partial charge in [-0.2, -0.15) is 8.78 Å². The zero-order valence-corrected chi connectivity index (χ0v) is 10.1. The van der Waals surface area contributed by atoms with E-state index in [2.05, 4.69) is 10.1 Å². The Kier molecular flexibility index (Phi) is 6.56. The molecule has 0 aromatic heterocycles. The third-order valence-electron chi connectivity index (χ3n) is 2.24. The van der Waals surface area contributed by atoms with Gasteiger partial charge in [0, 0.05) is 25.8 Å². The molecule has 0 aliphatic heterocycles. The molecule has 0 aliphatic carbocycles. The maximum absolute atomic E-state index is 12.2. The first-order chi connectivity index (χ1) is 8.63. The van der Waals surface area contributed by atoms with Crippen molar-refractivity contribution >= 4 is 0 Å². The number of aliphatic hydroxyl groups excluding tert-OH is 1. The van der Waals surface area contributed by atoms with Gasteiger partial charge in [0.25, 0.3) is 0 Å². The lowest BCUT2D eigenvalue weighted by atomic mass is 10.2. The zero-order chi connectivity index (χ0) is 13.4. The number of aliphatic hydroxyl groups is 1. The summed E-state index contributed by atoms with van der Waals surface area (Å²) in [6.07, 6.45) is -0.627. The lowest BCUT2D eigenvalue weighted by Crippen LogP contribution is -2.29. The molecule has 1 aromatic rings. The molecule has 2 N–H and O–H groups in total. The van der Waals surface area contributed by atoms with Gasteiger partial charge in [0.1, 0.15) is 5.75 Å². The minimum Gasteiger partial charge on any atom is -0.434 e. The van der Waals surface area contributed by atoms with E-state index in [1.807, 2.05) is 0 Å². The van der Waals surface area contributed by atoms with Gasteiger partial charge in [0.2, 0.25) is 0 Å². The largest absolute Gasteiger partial charge is 0.434 e. The average Bonchev–Trinajstić information content (AvgIpc) is 2.31. The van der Waals surface area contributed by atoms with Crippen LogP contribution in [-0.2, 0) is 11.3 Å². The molecule has 0 heterocycles. The number of para-hydroxylation sites is 1. The molecule has 102 valence electrons. The van der Waals surface area contributed by atoms with Crippen molar-refractivity contribution < 1.29 is 23.4 Å². The highest BCUT2D eigenvalue weighted by atomic mass is 19.3. The second kappa shape index (κ2) is 7.97. The SMILES string of the molecule is COCC(O)CNCc1ccccc1OC(F)F. The molecular weight excluding hydrogens is 244 g/mol.